The summed E-state index contributed by atoms with van der Waals surface area (Å²) in [5.74, 6) is -0.941. The van der Waals surface area contributed by atoms with Crippen molar-refractivity contribution in [1.82, 2.24) is 5.32 Å². The maximum absolute atomic E-state index is 13.3. The highest BCUT2D eigenvalue weighted by Gasteiger charge is 2.37. The van der Waals surface area contributed by atoms with E-state index in [9.17, 15) is 14.4 Å². The molecule has 0 aliphatic carbocycles. The first-order valence-electron chi connectivity index (χ1n) is 10.5. The molecule has 34 heavy (non-hydrogen) atoms. The average Bonchev–Trinajstić information content (AvgIpc) is 2.82. The van der Waals surface area contributed by atoms with Crippen LogP contribution in [0.1, 0.15) is 23.6 Å². The van der Waals surface area contributed by atoms with Gasteiger partial charge in [-0.1, -0.05) is 69.1 Å². The van der Waals surface area contributed by atoms with E-state index in [1.165, 1.54) is 6.08 Å². The summed E-state index contributed by atoms with van der Waals surface area (Å²) in [4.78, 5) is 39.6. The van der Waals surface area contributed by atoms with Crippen molar-refractivity contribution in [2.75, 3.05) is 4.90 Å². The van der Waals surface area contributed by atoms with Crippen LogP contribution in [0.5, 0.6) is 5.75 Å². The maximum Gasteiger partial charge on any atom is 0.335 e. The Morgan fingerprint density at radius 3 is 2.38 bits per heavy atom. The predicted octanol–water partition coefficient (Wildman–Crippen LogP) is 6.02. The fourth-order valence-electron chi connectivity index (χ4n) is 3.56. The SMILES string of the molecule is CCc1ccccc1N1C(=O)NC(=O)/C(=C/c2cc(Br)ccc2OCc2ccc(Br)cc2)C1=O. The third-order valence-corrected chi connectivity index (χ3v) is 6.32. The van der Waals surface area contributed by atoms with Gasteiger partial charge in [-0.2, -0.15) is 0 Å². The topological polar surface area (TPSA) is 75.7 Å². The molecule has 1 N–H and O–H groups in total. The molecule has 1 saturated heterocycles. The number of hydrogen-bond acceptors (Lipinski definition) is 4. The van der Waals surface area contributed by atoms with Gasteiger partial charge in [0.15, 0.2) is 0 Å². The monoisotopic (exact) mass is 582 g/mol. The van der Waals surface area contributed by atoms with E-state index >= 15 is 0 Å². The molecule has 1 aliphatic rings. The second-order valence-electron chi connectivity index (χ2n) is 7.54. The lowest BCUT2D eigenvalue weighted by Gasteiger charge is -2.28. The third-order valence-electron chi connectivity index (χ3n) is 5.29. The van der Waals surface area contributed by atoms with Gasteiger partial charge in [0.1, 0.15) is 17.9 Å². The number of halogens is 2. The molecule has 3 aromatic rings. The highest BCUT2D eigenvalue weighted by molar-refractivity contribution is 9.10. The van der Waals surface area contributed by atoms with Gasteiger partial charge in [-0.25, -0.2) is 9.69 Å². The minimum Gasteiger partial charge on any atom is -0.488 e. The number of para-hydroxylation sites is 1. The van der Waals surface area contributed by atoms with Crippen LogP contribution in [-0.4, -0.2) is 17.8 Å². The number of amides is 4. The smallest absolute Gasteiger partial charge is 0.335 e. The zero-order valence-electron chi connectivity index (χ0n) is 18.2. The fraction of sp³-hybridized carbons (Fsp3) is 0.115. The summed E-state index contributed by atoms with van der Waals surface area (Å²) < 4.78 is 7.72. The molecule has 3 aromatic carbocycles. The van der Waals surface area contributed by atoms with Crippen LogP contribution in [0, 0.1) is 0 Å². The summed E-state index contributed by atoms with van der Waals surface area (Å²) in [7, 11) is 0. The van der Waals surface area contributed by atoms with E-state index in [0.717, 1.165) is 25.0 Å². The molecule has 0 radical (unpaired) electrons. The summed E-state index contributed by atoms with van der Waals surface area (Å²) in [6.07, 6.45) is 2.08. The van der Waals surface area contributed by atoms with Crippen molar-refractivity contribution in [1.29, 1.82) is 0 Å². The van der Waals surface area contributed by atoms with E-state index in [0.29, 0.717) is 30.0 Å². The Hall–Kier alpha value is -3.23. The molecule has 1 aliphatic heterocycles. The number of carbonyl (C=O) groups excluding carboxylic acids is 3. The van der Waals surface area contributed by atoms with Crippen LogP contribution in [-0.2, 0) is 22.6 Å². The fourth-order valence-corrected chi connectivity index (χ4v) is 4.21. The molecule has 4 amide bonds. The average molecular weight is 584 g/mol. The standard InChI is InChI=1S/C26H20Br2N2O4/c1-2-17-5-3-4-6-22(17)30-25(32)21(24(31)29-26(30)33)14-18-13-20(28)11-12-23(18)34-15-16-7-9-19(27)10-8-16/h3-14H,2,15H2,1H3,(H,29,31,33)/b21-14-. The van der Waals surface area contributed by atoms with E-state index in [1.807, 2.05) is 49.4 Å². The van der Waals surface area contributed by atoms with Crippen molar-refractivity contribution in [3.05, 3.63) is 97.9 Å². The van der Waals surface area contributed by atoms with Crippen molar-refractivity contribution in [3.63, 3.8) is 0 Å². The molecule has 4 rings (SSSR count). The van der Waals surface area contributed by atoms with Crippen molar-refractivity contribution in [2.45, 2.75) is 20.0 Å². The van der Waals surface area contributed by atoms with Gasteiger partial charge in [-0.3, -0.25) is 14.9 Å². The van der Waals surface area contributed by atoms with Crippen LogP contribution in [0.4, 0.5) is 10.5 Å². The number of benzene rings is 3. The Morgan fingerprint density at radius 2 is 1.65 bits per heavy atom. The van der Waals surface area contributed by atoms with E-state index in [1.54, 1.807) is 24.3 Å². The number of ether oxygens (including phenoxy) is 1. The molecule has 0 bridgehead atoms. The highest BCUT2D eigenvalue weighted by atomic mass is 79.9. The van der Waals surface area contributed by atoms with E-state index in [-0.39, 0.29) is 5.57 Å². The Balaban J connectivity index is 1.68. The molecule has 172 valence electrons. The number of nitrogens with zero attached hydrogens (tertiary/aromatic N) is 1. The number of rotatable bonds is 6. The van der Waals surface area contributed by atoms with E-state index in [4.69, 9.17) is 4.74 Å². The molecular weight excluding hydrogens is 564 g/mol. The highest BCUT2D eigenvalue weighted by Crippen LogP contribution is 2.30. The number of nitrogens with one attached hydrogen (secondary N) is 1. The first-order chi connectivity index (χ1) is 16.4. The molecular formula is C26H20Br2N2O4. The Morgan fingerprint density at radius 1 is 0.941 bits per heavy atom. The van der Waals surface area contributed by atoms with Gasteiger partial charge in [-0.15, -0.1) is 0 Å². The third kappa shape index (κ3) is 5.13. The zero-order valence-corrected chi connectivity index (χ0v) is 21.4. The Kier molecular flexibility index (Phi) is 7.29. The molecule has 8 heteroatoms. The van der Waals surface area contributed by atoms with Gasteiger partial charge in [0.05, 0.1) is 5.69 Å². The number of barbiturate groups is 1. The van der Waals surface area contributed by atoms with Crippen LogP contribution in [0.15, 0.2) is 81.2 Å². The van der Waals surface area contributed by atoms with Crippen molar-refractivity contribution in [2.24, 2.45) is 0 Å². The molecule has 0 atom stereocenters. The second-order valence-corrected chi connectivity index (χ2v) is 9.37. The van der Waals surface area contributed by atoms with Crippen LogP contribution in [0.3, 0.4) is 0 Å². The lowest BCUT2D eigenvalue weighted by Crippen LogP contribution is -2.54. The summed E-state index contributed by atoms with van der Waals surface area (Å²) in [5, 5.41) is 2.28. The summed E-state index contributed by atoms with van der Waals surface area (Å²) in [6, 6.07) is 19.4. The minimum atomic E-state index is -0.769. The van der Waals surface area contributed by atoms with Gasteiger partial charge in [0, 0.05) is 14.5 Å². The second kappa shape index (κ2) is 10.4. The lowest BCUT2D eigenvalue weighted by molar-refractivity contribution is -0.122. The largest absolute Gasteiger partial charge is 0.488 e. The van der Waals surface area contributed by atoms with E-state index < -0.39 is 17.8 Å². The quantitative estimate of drug-likeness (QED) is 0.284. The van der Waals surface area contributed by atoms with Crippen LogP contribution < -0.4 is 15.0 Å². The van der Waals surface area contributed by atoms with Gasteiger partial charge >= 0.3 is 6.03 Å². The number of carbonyl (C=O) groups is 3. The number of urea groups is 1. The number of hydrogen-bond donors (Lipinski definition) is 1. The number of aryl methyl sites for hydroxylation is 1. The van der Waals surface area contributed by atoms with Crippen LogP contribution >= 0.6 is 31.9 Å². The normalized spacial score (nSPS) is 15.0. The molecule has 0 unspecified atom stereocenters. The predicted molar refractivity (Wildman–Crippen MR) is 137 cm³/mol. The van der Waals surface area contributed by atoms with Gasteiger partial charge < -0.3 is 4.74 Å². The van der Waals surface area contributed by atoms with Gasteiger partial charge in [0.25, 0.3) is 11.8 Å². The molecule has 0 saturated carbocycles. The van der Waals surface area contributed by atoms with E-state index in [2.05, 4.69) is 37.2 Å². The van der Waals surface area contributed by atoms with Crippen molar-refractivity contribution in [3.8, 4) is 5.75 Å². The molecule has 0 spiro atoms. The van der Waals surface area contributed by atoms with Gasteiger partial charge in [0.2, 0.25) is 0 Å². The first-order valence-corrected chi connectivity index (χ1v) is 12.1. The first kappa shape index (κ1) is 23.9. The van der Waals surface area contributed by atoms with Crippen LogP contribution in [0.2, 0.25) is 0 Å². The number of anilines is 1. The Bertz CT molecular complexity index is 1300. The minimum absolute atomic E-state index is 0.155. The Labute approximate surface area is 213 Å². The molecule has 1 heterocycles. The summed E-state index contributed by atoms with van der Waals surface area (Å²) in [5.41, 5.74) is 2.61. The molecule has 0 aromatic heterocycles. The number of imide groups is 2. The zero-order chi connectivity index (χ0) is 24.2. The van der Waals surface area contributed by atoms with Crippen molar-refractivity contribution >= 4 is 61.5 Å². The molecule has 6 nitrogen and oxygen atoms in total. The summed E-state index contributed by atoms with van der Waals surface area (Å²) in [6.45, 7) is 2.24. The van der Waals surface area contributed by atoms with Crippen LogP contribution in [0.25, 0.3) is 6.08 Å². The maximum atomic E-state index is 13.3. The van der Waals surface area contributed by atoms with Gasteiger partial charge in [-0.05, 0) is 60.0 Å². The lowest BCUT2D eigenvalue weighted by atomic mass is 10.0. The summed E-state index contributed by atoms with van der Waals surface area (Å²) >= 11 is 6.84. The van der Waals surface area contributed by atoms with Crippen molar-refractivity contribution < 1.29 is 19.1 Å². The molecule has 1 fully saturated rings.